The van der Waals surface area contributed by atoms with Gasteiger partial charge in [0.05, 0.1) is 22.6 Å². The summed E-state index contributed by atoms with van der Waals surface area (Å²) in [6.45, 7) is 12.6. The van der Waals surface area contributed by atoms with Crippen molar-refractivity contribution in [3.63, 3.8) is 0 Å². The Kier molecular flexibility index (Phi) is 7.68. The normalized spacial score (nSPS) is 17.7. The molecule has 2 saturated heterocycles. The van der Waals surface area contributed by atoms with Crippen molar-refractivity contribution in [1.29, 1.82) is 0 Å². The molecule has 0 atom stereocenters. The maximum atomic E-state index is 6.60. The Bertz CT molecular complexity index is 1400. The first-order chi connectivity index (χ1) is 19.1. The molecule has 39 heavy (non-hydrogen) atoms. The predicted molar refractivity (Wildman–Crippen MR) is 160 cm³/mol. The molecular formula is C30H37ClN8. The van der Waals surface area contributed by atoms with Gasteiger partial charge in [0.1, 0.15) is 11.3 Å². The molecule has 2 aliphatic heterocycles. The maximum absolute atomic E-state index is 6.60. The summed E-state index contributed by atoms with van der Waals surface area (Å²) in [5.74, 6) is 0.811. The van der Waals surface area contributed by atoms with Crippen LogP contribution in [-0.2, 0) is 6.54 Å². The van der Waals surface area contributed by atoms with Crippen LogP contribution in [0.25, 0.3) is 22.6 Å². The van der Waals surface area contributed by atoms with E-state index in [1.165, 1.54) is 5.69 Å². The molecule has 0 radical (unpaired) electrons. The third-order valence-electron chi connectivity index (χ3n) is 8.06. The third kappa shape index (κ3) is 5.88. The van der Waals surface area contributed by atoms with Crippen molar-refractivity contribution in [3.05, 3.63) is 65.1 Å². The number of piperazine rings is 1. The van der Waals surface area contributed by atoms with Crippen molar-refractivity contribution in [2.24, 2.45) is 0 Å². The highest BCUT2D eigenvalue weighted by atomic mass is 35.5. The van der Waals surface area contributed by atoms with E-state index in [-0.39, 0.29) is 0 Å². The van der Waals surface area contributed by atoms with Crippen LogP contribution in [0.15, 0.2) is 48.7 Å². The molecule has 6 rings (SSSR count). The number of aromatic amines is 1. The second kappa shape index (κ2) is 11.5. The first-order valence-electron chi connectivity index (χ1n) is 14.1. The lowest BCUT2D eigenvalue weighted by Crippen LogP contribution is -2.46. The number of aryl methyl sites for hydroxylation is 1. The van der Waals surface area contributed by atoms with Crippen LogP contribution in [0.1, 0.15) is 31.2 Å². The SMILES string of the molecule is CCN1CCC(Nc2c(Cl)cnc3[nH]c(-c4ccc(N5CCN(Cc6cccc(C)n6)CC5)cc4)nc23)CC1. The molecule has 5 heterocycles. The predicted octanol–water partition coefficient (Wildman–Crippen LogP) is 5.20. The zero-order valence-electron chi connectivity index (χ0n) is 22.8. The van der Waals surface area contributed by atoms with Gasteiger partial charge in [0.15, 0.2) is 5.65 Å². The molecule has 2 N–H and O–H groups in total. The molecule has 0 unspecified atom stereocenters. The number of halogens is 1. The number of benzene rings is 1. The van der Waals surface area contributed by atoms with Crippen LogP contribution >= 0.6 is 11.6 Å². The van der Waals surface area contributed by atoms with Gasteiger partial charge in [-0.2, -0.15) is 0 Å². The molecule has 204 valence electrons. The monoisotopic (exact) mass is 544 g/mol. The largest absolute Gasteiger partial charge is 0.379 e. The van der Waals surface area contributed by atoms with Gasteiger partial charge >= 0.3 is 0 Å². The zero-order chi connectivity index (χ0) is 26.8. The summed E-state index contributed by atoms with van der Waals surface area (Å²) in [7, 11) is 0. The molecule has 0 saturated carbocycles. The van der Waals surface area contributed by atoms with Crippen molar-refractivity contribution >= 4 is 34.1 Å². The summed E-state index contributed by atoms with van der Waals surface area (Å²) in [5.41, 5.74) is 6.95. The fourth-order valence-electron chi connectivity index (χ4n) is 5.71. The van der Waals surface area contributed by atoms with E-state index in [0.717, 1.165) is 105 Å². The number of pyridine rings is 2. The molecule has 2 aliphatic rings. The minimum absolute atomic E-state index is 0.392. The van der Waals surface area contributed by atoms with E-state index in [1.54, 1.807) is 6.20 Å². The van der Waals surface area contributed by atoms with Crippen molar-refractivity contribution in [2.75, 3.05) is 56.0 Å². The van der Waals surface area contributed by atoms with E-state index in [4.69, 9.17) is 16.6 Å². The molecular weight excluding hydrogens is 508 g/mol. The highest BCUT2D eigenvalue weighted by Crippen LogP contribution is 2.32. The number of likely N-dealkylation sites (tertiary alicyclic amines) is 1. The minimum Gasteiger partial charge on any atom is -0.379 e. The maximum Gasteiger partial charge on any atom is 0.159 e. The number of rotatable bonds is 7. The number of nitrogens with zero attached hydrogens (tertiary/aromatic N) is 6. The summed E-state index contributed by atoms with van der Waals surface area (Å²) in [6, 6.07) is 15.3. The smallest absolute Gasteiger partial charge is 0.159 e. The van der Waals surface area contributed by atoms with E-state index in [0.29, 0.717) is 11.1 Å². The molecule has 2 fully saturated rings. The van der Waals surface area contributed by atoms with Gasteiger partial charge in [-0.1, -0.05) is 24.6 Å². The first-order valence-corrected chi connectivity index (χ1v) is 14.5. The van der Waals surface area contributed by atoms with E-state index in [2.05, 4.69) is 91.3 Å². The van der Waals surface area contributed by atoms with Crippen LogP contribution < -0.4 is 10.2 Å². The third-order valence-corrected chi connectivity index (χ3v) is 8.35. The van der Waals surface area contributed by atoms with E-state index < -0.39 is 0 Å². The number of hydrogen-bond acceptors (Lipinski definition) is 7. The molecule has 4 aromatic rings. The second-order valence-corrected chi connectivity index (χ2v) is 11.1. The van der Waals surface area contributed by atoms with Gasteiger partial charge in [-0.3, -0.25) is 9.88 Å². The Balaban J connectivity index is 1.12. The molecule has 9 heteroatoms. The number of H-pyrrole nitrogens is 1. The molecule has 3 aromatic heterocycles. The zero-order valence-corrected chi connectivity index (χ0v) is 23.6. The highest BCUT2D eigenvalue weighted by Gasteiger charge is 2.22. The van der Waals surface area contributed by atoms with Crippen molar-refractivity contribution < 1.29 is 0 Å². The Hall–Kier alpha value is -3.20. The standard InChI is InChI=1S/C30H37ClN8/c1-3-37-13-11-23(12-14-37)34-27-26(31)19-32-30-28(27)35-29(36-30)22-7-9-25(10-8-22)39-17-15-38(16-18-39)20-24-6-4-5-21(2)33-24/h4-10,19,23H,3,11-18,20H2,1-2H3,(H2,32,34,35,36). The number of fused-ring (bicyclic) bond motifs is 1. The minimum atomic E-state index is 0.392. The van der Waals surface area contributed by atoms with E-state index >= 15 is 0 Å². The van der Waals surface area contributed by atoms with Gasteiger partial charge in [-0.15, -0.1) is 0 Å². The lowest BCUT2D eigenvalue weighted by molar-refractivity contribution is 0.229. The lowest BCUT2D eigenvalue weighted by Gasteiger charge is -2.36. The molecule has 8 nitrogen and oxygen atoms in total. The van der Waals surface area contributed by atoms with Crippen LogP contribution in [0.2, 0.25) is 5.02 Å². The number of imidazole rings is 1. The molecule has 0 aliphatic carbocycles. The average molecular weight is 545 g/mol. The van der Waals surface area contributed by atoms with Crippen molar-refractivity contribution in [1.82, 2.24) is 29.7 Å². The summed E-state index contributed by atoms with van der Waals surface area (Å²) in [5, 5.41) is 4.30. The number of aromatic nitrogens is 4. The fraction of sp³-hybridized carbons (Fsp3) is 0.433. The quantitative estimate of drug-likeness (QED) is 0.331. The summed E-state index contributed by atoms with van der Waals surface area (Å²) in [4.78, 5) is 25.0. The molecule has 1 aromatic carbocycles. The van der Waals surface area contributed by atoms with Crippen LogP contribution in [0.5, 0.6) is 0 Å². The van der Waals surface area contributed by atoms with Gasteiger partial charge in [-0.25, -0.2) is 9.97 Å². The van der Waals surface area contributed by atoms with Crippen LogP contribution in [0, 0.1) is 6.92 Å². The van der Waals surface area contributed by atoms with Gasteiger partial charge in [0.2, 0.25) is 0 Å². The van der Waals surface area contributed by atoms with Gasteiger partial charge in [0, 0.05) is 68.8 Å². The van der Waals surface area contributed by atoms with E-state index in [9.17, 15) is 0 Å². The van der Waals surface area contributed by atoms with Gasteiger partial charge in [0.25, 0.3) is 0 Å². The Morgan fingerprint density at radius 1 is 0.949 bits per heavy atom. The topological polar surface area (TPSA) is 76.2 Å². The van der Waals surface area contributed by atoms with Crippen molar-refractivity contribution in [3.8, 4) is 11.4 Å². The van der Waals surface area contributed by atoms with Crippen LogP contribution in [0.4, 0.5) is 11.4 Å². The number of nitrogens with one attached hydrogen (secondary N) is 2. The average Bonchev–Trinajstić information content (AvgIpc) is 3.40. The van der Waals surface area contributed by atoms with Gasteiger partial charge in [-0.05, 0) is 62.7 Å². The van der Waals surface area contributed by atoms with E-state index in [1.807, 2.05) is 0 Å². The lowest BCUT2D eigenvalue weighted by atomic mass is 10.0. The summed E-state index contributed by atoms with van der Waals surface area (Å²) >= 11 is 6.60. The summed E-state index contributed by atoms with van der Waals surface area (Å²) < 4.78 is 0. The van der Waals surface area contributed by atoms with Crippen LogP contribution in [0.3, 0.4) is 0 Å². The summed E-state index contributed by atoms with van der Waals surface area (Å²) in [6.07, 6.45) is 3.92. The molecule has 0 bridgehead atoms. The van der Waals surface area contributed by atoms with Crippen LogP contribution in [-0.4, -0.2) is 81.6 Å². The number of anilines is 2. The van der Waals surface area contributed by atoms with Gasteiger partial charge < -0.3 is 20.1 Å². The highest BCUT2D eigenvalue weighted by molar-refractivity contribution is 6.34. The Morgan fingerprint density at radius 3 is 2.44 bits per heavy atom. The number of hydrogen-bond donors (Lipinski definition) is 2. The molecule has 0 spiro atoms. The fourth-order valence-corrected chi connectivity index (χ4v) is 5.91. The number of piperidine rings is 1. The molecule has 0 amide bonds. The second-order valence-electron chi connectivity index (χ2n) is 10.7. The first kappa shape index (κ1) is 26.0. The van der Waals surface area contributed by atoms with Crippen molar-refractivity contribution in [2.45, 2.75) is 39.3 Å². The Labute approximate surface area is 235 Å². The Morgan fingerprint density at radius 2 is 1.72 bits per heavy atom.